The molecular weight excluding hydrogens is 671 g/mol. The highest BCUT2D eigenvalue weighted by molar-refractivity contribution is 6.07. The monoisotopic (exact) mass is 728 g/mol. The van der Waals surface area contributed by atoms with Gasteiger partial charge in [-0.1, -0.05) is 46.3 Å². The molecule has 12 heteroatoms. The first-order chi connectivity index (χ1) is 24.3. The third-order valence-corrected chi connectivity index (χ3v) is 11.3. The number of ether oxygens (including phenoxy) is 5. The van der Waals surface area contributed by atoms with E-state index in [2.05, 4.69) is 23.4 Å². The Labute approximate surface area is 307 Å². The minimum atomic E-state index is -3.11. The molecule has 0 aromatic carbocycles. The van der Waals surface area contributed by atoms with Crippen molar-refractivity contribution in [3.63, 3.8) is 0 Å². The van der Waals surface area contributed by atoms with E-state index in [0.29, 0.717) is 17.7 Å². The first-order valence-electron chi connectivity index (χ1n) is 18.3. The zero-order valence-corrected chi connectivity index (χ0v) is 32.3. The summed E-state index contributed by atoms with van der Waals surface area (Å²) in [6.07, 6.45) is -2.70. The molecule has 3 aliphatic heterocycles. The van der Waals surface area contributed by atoms with Crippen LogP contribution in [0.25, 0.3) is 0 Å². The van der Waals surface area contributed by atoms with Crippen LogP contribution >= 0.6 is 0 Å². The van der Waals surface area contributed by atoms with Crippen LogP contribution in [-0.4, -0.2) is 113 Å². The van der Waals surface area contributed by atoms with E-state index >= 15 is 4.39 Å². The average Bonchev–Trinajstić information content (AvgIpc) is 3.41. The number of cyclic esters (lactones) is 1. The van der Waals surface area contributed by atoms with Gasteiger partial charge in [0.15, 0.2) is 12.1 Å². The number of rotatable bonds is 6. The second kappa shape index (κ2) is 16.5. The van der Waals surface area contributed by atoms with Crippen LogP contribution in [0.3, 0.4) is 0 Å². The molecule has 3 saturated heterocycles. The molecular formula is C40H57FN2O9. The lowest BCUT2D eigenvalue weighted by Gasteiger charge is -2.47. The van der Waals surface area contributed by atoms with Crippen molar-refractivity contribution in [1.82, 2.24) is 9.88 Å². The number of Topliss-reactive ketones (excluding diaryl/α,β-unsaturated/α-hetero) is 2. The molecule has 0 saturated carbocycles. The maximum absolute atomic E-state index is 16.8. The van der Waals surface area contributed by atoms with E-state index in [1.165, 1.54) is 6.92 Å². The number of hydrogen-bond donors (Lipinski definition) is 1. The third kappa shape index (κ3) is 8.51. The average molecular weight is 729 g/mol. The first kappa shape index (κ1) is 41.7. The summed E-state index contributed by atoms with van der Waals surface area (Å²) in [7, 11) is 3.66. The fourth-order valence-electron chi connectivity index (χ4n) is 8.42. The van der Waals surface area contributed by atoms with Crippen LogP contribution in [0.1, 0.15) is 80.3 Å². The lowest BCUT2D eigenvalue weighted by Crippen LogP contribution is -2.61. The number of carbonyl (C=O) groups is 3. The Kier molecular flexibility index (Phi) is 13.3. The first-order valence-corrected chi connectivity index (χ1v) is 18.3. The highest BCUT2D eigenvalue weighted by atomic mass is 19.1. The highest BCUT2D eigenvalue weighted by Gasteiger charge is 2.58. The van der Waals surface area contributed by atoms with Crippen molar-refractivity contribution in [1.29, 1.82) is 0 Å². The summed E-state index contributed by atoms with van der Waals surface area (Å²) >= 11 is 0. The molecule has 52 heavy (non-hydrogen) atoms. The van der Waals surface area contributed by atoms with E-state index < -0.39 is 76.9 Å². The summed E-state index contributed by atoms with van der Waals surface area (Å²) in [5, 5.41) is 11.5. The van der Waals surface area contributed by atoms with Crippen LogP contribution in [0.5, 0.6) is 0 Å². The zero-order valence-electron chi connectivity index (χ0n) is 32.3. The fraction of sp³-hybridized carbons (Fsp3) is 0.700. The van der Waals surface area contributed by atoms with E-state index in [4.69, 9.17) is 23.7 Å². The summed E-state index contributed by atoms with van der Waals surface area (Å²) < 4.78 is 48.0. The Morgan fingerprint density at radius 2 is 1.81 bits per heavy atom. The molecule has 0 spiro atoms. The number of alkyl halides is 1. The normalized spacial score (nSPS) is 40.8. The third-order valence-electron chi connectivity index (χ3n) is 11.3. The SMILES string of the molecule is C=C1CO[C@]2(C)[C@@H](CC)OC(=O)C(C)(F)C(=O)[C@H](C)[C@@H](O[C@@H]3O[C@H](C)C[C@H](N(C)C)[C@H]3O)[C@](C)(OCC#Cc3ccccn3)CC(C)C(=O)C(C)[C@H]12. The van der Waals surface area contributed by atoms with Crippen LogP contribution in [0.4, 0.5) is 4.39 Å². The second-order valence-corrected chi connectivity index (χ2v) is 15.6. The molecule has 288 valence electrons. The van der Waals surface area contributed by atoms with Gasteiger partial charge in [0.05, 0.1) is 24.4 Å². The van der Waals surface area contributed by atoms with Gasteiger partial charge in [0, 0.05) is 35.9 Å². The topological polar surface area (TPSA) is 134 Å². The van der Waals surface area contributed by atoms with E-state index in [0.717, 1.165) is 6.92 Å². The van der Waals surface area contributed by atoms with Gasteiger partial charge < -0.3 is 33.7 Å². The van der Waals surface area contributed by atoms with Crippen molar-refractivity contribution in [2.45, 2.75) is 128 Å². The number of ketones is 2. The summed E-state index contributed by atoms with van der Waals surface area (Å²) in [6, 6.07) is 4.96. The Morgan fingerprint density at radius 1 is 1.12 bits per heavy atom. The molecule has 1 aromatic heterocycles. The van der Waals surface area contributed by atoms with Crippen LogP contribution in [0.2, 0.25) is 0 Å². The maximum Gasteiger partial charge on any atom is 0.351 e. The molecule has 11 nitrogen and oxygen atoms in total. The molecule has 0 amide bonds. The van der Waals surface area contributed by atoms with Gasteiger partial charge in [0.2, 0.25) is 0 Å². The molecule has 3 fully saturated rings. The Hall–Kier alpha value is -3.05. The van der Waals surface area contributed by atoms with Gasteiger partial charge >= 0.3 is 5.97 Å². The Balaban J connectivity index is 1.85. The number of halogens is 1. The summed E-state index contributed by atoms with van der Waals surface area (Å²) in [5.74, 6) is 0.0349. The van der Waals surface area contributed by atoms with E-state index in [1.807, 2.05) is 25.9 Å². The van der Waals surface area contributed by atoms with Crippen molar-refractivity contribution < 1.29 is 47.6 Å². The van der Waals surface area contributed by atoms with Crippen molar-refractivity contribution in [2.24, 2.45) is 23.7 Å². The molecule has 1 aromatic rings. The van der Waals surface area contributed by atoms with E-state index in [1.54, 1.807) is 59.0 Å². The van der Waals surface area contributed by atoms with Gasteiger partial charge in [-0.3, -0.25) is 9.59 Å². The van der Waals surface area contributed by atoms with Gasteiger partial charge in [0.25, 0.3) is 5.67 Å². The second-order valence-electron chi connectivity index (χ2n) is 15.6. The van der Waals surface area contributed by atoms with Crippen molar-refractivity contribution >= 4 is 17.5 Å². The molecule has 3 unspecified atom stereocenters. The molecule has 4 rings (SSSR count). The minimum absolute atomic E-state index is 0.0145. The van der Waals surface area contributed by atoms with Gasteiger partial charge in [-0.25, -0.2) is 14.2 Å². The van der Waals surface area contributed by atoms with Gasteiger partial charge in [0.1, 0.15) is 35.9 Å². The van der Waals surface area contributed by atoms with Gasteiger partial charge in [-0.2, -0.15) is 0 Å². The molecule has 4 heterocycles. The van der Waals surface area contributed by atoms with Crippen LogP contribution < -0.4 is 0 Å². The number of aliphatic hydroxyl groups excluding tert-OH is 1. The number of aromatic nitrogens is 1. The Morgan fingerprint density at radius 3 is 2.42 bits per heavy atom. The number of carbonyl (C=O) groups excluding carboxylic acids is 3. The predicted molar refractivity (Wildman–Crippen MR) is 192 cm³/mol. The van der Waals surface area contributed by atoms with E-state index in [-0.39, 0.29) is 44.0 Å². The number of aliphatic hydroxyl groups is 1. The largest absolute Gasteiger partial charge is 0.457 e. The molecule has 0 bridgehead atoms. The summed E-state index contributed by atoms with van der Waals surface area (Å²) in [4.78, 5) is 48.5. The van der Waals surface area contributed by atoms with Crippen molar-refractivity contribution in [3.8, 4) is 11.8 Å². The van der Waals surface area contributed by atoms with Crippen LogP contribution in [0, 0.1) is 35.5 Å². The summed E-state index contributed by atoms with van der Waals surface area (Å²) in [5.41, 5.74) is -4.66. The quantitative estimate of drug-likeness (QED) is 0.192. The Bertz CT molecular complexity index is 1530. The molecule has 1 N–H and O–H groups in total. The lowest BCUT2D eigenvalue weighted by atomic mass is 9.69. The fourth-order valence-corrected chi connectivity index (χ4v) is 8.42. The number of esters is 1. The number of nitrogens with zero attached hydrogens (tertiary/aromatic N) is 2. The van der Waals surface area contributed by atoms with Crippen LogP contribution in [-0.2, 0) is 38.1 Å². The van der Waals surface area contributed by atoms with Gasteiger partial charge in [-0.15, -0.1) is 0 Å². The molecule has 0 aliphatic carbocycles. The maximum atomic E-state index is 16.8. The highest BCUT2D eigenvalue weighted by Crippen LogP contribution is 2.47. The molecule has 13 atom stereocenters. The molecule has 0 radical (unpaired) electrons. The van der Waals surface area contributed by atoms with Crippen molar-refractivity contribution in [2.75, 3.05) is 27.3 Å². The van der Waals surface area contributed by atoms with E-state index in [9.17, 15) is 19.5 Å². The number of pyridine rings is 1. The zero-order chi connectivity index (χ0) is 38.8. The standard InChI is InChI=1S/C40H57FN2O9/c1-12-30-40(9)31(24(3)22-49-40)26(5)32(44)23(2)21-38(7,48-19-15-17-28-16-13-14-18-42-28)35(27(6)34(46)39(8,41)37(47)51-30)52-36-33(45)29(43(10)11)20-25(4)50-36/h13-14,16,18,23,25-27,29-31,33,35-36,45H,3,12,19-22H2,1-2,4-11H3/t23?,25-,26?,27+,29+,30-,31+,33-,35-,36+,38-,39?,40-/m1/s1. The summed E-state index contributed by atoms with van der Waals surface area (Å²) in [6.45, 7) is 17.1. The number of likely N-dealkylation sites (N-methyl/N-ethyl adjacent to an activating group) is 1. The van der Waals surface area contributed by atoms with Crippen molar-refractivity contribution in [3.05, 3.63) is 42.2 Å². The van der Waals surface area contributed by atoms with Gasteiger partial charge in [-0.05, 0) is 84.7 Å². The molecule has 3 aliphatic rings. The smallest absolute Gasteiger partial charge is 0.351 e. The number of hydrogen-bond acceptors (Lipinski definition) is 11. The van der Waals surface area contributed by atoms with Crippen LogP contribution in [0.15, 0.2) is 36.5 Å². The minimum Gasteiger partial charge on any atom is -0.457 e. The predicted octanol–water partition coefficient (Wildman–Crippen LogP) is 4.48. The lowest BCUT2D eigenvalue weighted by molar-refractivity contribution is -0.296. The number of fused-ring (bicyclic) bond motifs is 1.